The molecule has 0 atom stereocenters. The van der Waals surface area contributed by atoms with Crippen molar-refractivity contribution in [2.75, 3.05) is 6.61 Å². The number of para-hydroxylation sites is 1. The van der Waals surface area contributed by atoms with Crippen molar-refractivity contribution in [3.8, 4) is 23.0 Å². The summed E-state index contributed by atoms with van der Waals surface area (Å²) in [6, 6.07) is 18.6. The third-order valence-electron chi connectivity index (χ3n) is 5.34. The summed E-state index contributed by atoms with van der Waals surface area (Å²) in [5.41, 5.74) is 0.346. The molecule has 1 aromatic heterocycles. The molecule has 0 spiro atoms. The molecule has 0 unspecified atom stereocenters. The number of carbonyl (C=O) groups excluding carboxylic acids is 1. The number of hydrogen-bond donors (Lipinski definition) is 0. The standard InChI is InChI=1S/C28H25BrO6/c1-2-3-4-7-16-32-20-12-10-19(11-13-20)28(31)34-21-14-15-22-25(17-21)33-18-26(27(22)30)35-24-9-6-5-8-23(24)29/h5-6,8-15,17-18H,2-4,7,16H2,1H3. The zero-order chi connectivity index (χ0) is 24.6. The Morgan fingerprint density at radius 1 is 0.914 bits per heavy atom. The molecule has 0 fully saturated rings. The number of halogens is 1. The van der Waals surface area contributed by atoms with Crippen molar-refractivity contribution in [1.29, 1.82) is 0 Å². The van der Waals surface area contributed by atoms with Crippen LogP contribution in [-0.4, -0.2) is 12.6 Å². The summed E-state index contributed by atoms with van der Waals surface area (Å²) in [4.78, 5) is 25.4. The fraction of sp³-hybridized carbons (Fsp3) is 0.214. The molecule has 180 valence electrons. The Labute approximate surface area is 211 Å². The lowest BCUT2D eigenvalue weighted by Gasteiger charge is -2.09. The van der Waals surface area contributed by atoms with E-state index >= 15 is 0 Å². The molecule has 0 bridgehead atoms. The molecule has 0 N–H and O–H groups in total. The Balaban J connectivity index is 1.41. The van der Waals surface area contributed by atoms with Gasteiger partial charge in [0.1, 0.15) is 29.1 Å². The van der Waals surface area contributed by atoms with Gasteiger partial charge >= 0.3 is 5.97 Å². The SMILES string of the molecule is CCCCCCOc1ccc(C(=O)Oc2ccc3c(=O)c(Oc4ccccc4Br)coc3c2)cc1. The summed E-state index contributed by atoms with van der Waals surface area (Å²) in [6.45, 7) is 2.82. The number of fused-ring (bicyclic) bond motifs is 1. The van der Waals surface area contributed by atoms with Crippen LogP contribution < -0.4 is 19.6 Å². The maximum absolute atomic E-state index is 12.8. The first kappa shape index (κ1) is 24.5. The van der Waals surface area contributed by atoms with Crippen molar-refractivity contribution in [1.82, 2.24) is 0 Å². The highest BCUT2D eigenvalue weighted by Crippen LogP contribution is 2.29. The van der Waals surface area contributed by atoms with E-state index in [0.29, 0.717) is 33.5 Å². The summed E-state index contributed by atoms with van der Waals surface area (Å²) in [5.74, 6) is 1.02. The van der Waals surface area contributed by atoms with Gasteiger partial charge in [0.25, 0.3) is 0 Å². The highest BCUT2D eigenvalue weighted by atomic mass is 79.9. The van der Waals surface area contributed by atoms with Crippen molar-refractivity contribution in [3.63, 3.8) is 0 Å². The number of ether oxygens (including phenoxy) is 3. The lowest BCUT2D eigenvalue weighted by Crippen LogP contribution is -2.09. The van der Waals surface area contributed by atoms with Crippen LogP contribution in [0.3, 0.4) is 0 Å². The van der Waals surface area contributed by atoms with Gasteiger partial charge in [-0.25, -0.2) is 4.79 Å². The maximum atomic E-state index is 12.8. The number of rotatable bonds is 10. The molecular formula is C28H25BrO6. The summed E-state index contributed by atoms with van der Waals surface area (Å²) in [6.07, 6.45) is 5.78. The van der Waals surface area contributed by atoms with Crippen LogP contribution >= 0.6 is 15.9 Å². The minimum atomic E-state index is -0.518. The smallest absolute Gasteiger partial charge is 0.343 e. The van der Waals surface area contributed by atoms with E-state index in [2.05, 4.69) is 22.9 Å². The van der Waals surface area contributed by atoms with Crippen molar-refractivity contribution in [3.05, 3.63) is 93.3 Å². The first-order chi connectivity index (χ1) is 17.0. The molecule has 0 aliphatic rings. The molecule has 3 aromatic carbocycles. The van der Waals surface area contributed by atoms with Gasteiger partial charge < -0.3 is 18.6 Å². The van der Waals surface area contributed by atoms with E-state index < -0.39 is 5.97 Å². The Morgan fingerprint density at radius 3 is 2.46 bits per heavy atom. The van der Waals surface area contributed by atoms with Crippen LogP contribution in [0.5, 0.6) is 23.0 Å². The van der Waals surface area contributed by atoms with Crippen LogP contribution in [0.4, 0.5) is 0 Å². The minimum Gasteiger partial charge on any atom is -0.494 e. The van der Waals surface area contributed by atoms with Gasteiger partial charge in [0, 0.05) is 6.07 Å². The van der Waals surface area contributed by atoms with Crippen molar-refractivity contribution in [2.45, 2.75) is 32.6 Å². The summed E-state index contributed by atoms with van der Waals surface area (Å²) in [5, 5.41) is 0.315. The van der Waals surface area contributed by atoms with Gasteiger partial charge in [-0.05, 0) is 70.9 Å². The fourth-order valence-corrected chi connectivity index (χ4v) is 3.81. The van der Waals surface area contributed by atoms with Gasteiger partial charge in [0.05, 0.1) is 22.0 Å². The lowest BCUT2D eigenvalue weighted by molar-refractivity contribution is 0.0735. The van der Waals surface area contributed by atoms with Crippen molar-refractivity contribution in [2.24, 2.45) is 0 Å². The minimum absolute atomic E-state index is 0.0572. The lowest BCUT2D eigenvalue weighted by atomic mass is 10.2. The molecule has 6 nitrogen and oxygen atoms in total. The van der Waals surface area contributed by atoms with E-state index in [9.17, 15) is 9.59 Å². The molecule has 0 aliphatic carbocycles. The van der Waals surface area contributed by atoms with Gasteiger partial charge in [-0.3, -0.25) is 4.79 Å². The second-order valence-electron chi connectivity index (χ2n) is 7.94. The number of hydrogen-bond acceptors (Lipinski definition) is 6. The van der Waals surface area contributed by atoms with Gasteiger partial charge in [-0.15, -0.1) is 0 Å². The largest absolute Gasteiger partial charge is 0.494 e. The summed E-state index contributed by atoms with van der Waals surface area (Å²) >= 11 is 3.39. The van der Waals surface area contributed by atoms with E-state index in [1.54, 1.807) is 48.5 Å². The molecule has 35 heavy (non-hydrogen) atoms. The number of unbranched alkanes of at least 4 members (excludes halogenated alkanes) is 3. The monoisotopic (exact) mass is 536 g/mol. The van der Waals surface area contributed by atoms with Crippen LogP contribution in [-0.2, 0) is 0 Å². The van der Waals surface area contributed by atoms with Crippen molar-refractivity contribution < 1.29 is 23.4 Å². The molecule has 0 aliphatic heterocycles. The zero-order valence-electron chi connectivity index (χ0n) is 19.3. The first-order valence-corrected chi connectivity index (χ1v) is 12.3. The van der Waals surface area contributed by atoms with Crippen LogP contribution in [0.25, 0.3) is 11.0 Å². The third kappa shape index (κ3) is 6.31. The molecule has 4 rings (SSSR count). The van der Waals surface area contributed by atoms with E-state index in [0.717, 1.165) is 12.8 Å². The number of esters is 1. The Kier molecular flexibility index (Phi) is 8.21. The number of carbonyl (C=O) groups is 1. The molecule has 0 amide bonds. The average Bonchev–Trinajstić information content (AvgIpc) is 2.87. The van der Waals surface area contributed by atoms with Crippen molar-refractivity contribution >= 4 is 32.9 Å². The second kappa shape index (κ2) is 11.7. The fourth-order valence-electron chi connectivity index (χ4n) is 3.44. The van der Waals surface area contributed by atoms with Gasteiger partial charge in [-0.2, -0.15) is 0 Å². The molecule has 0 radical (unpaired) electrons. The maximum Gasteiger partial charge on any atom is 0.343 e. The Bertz CT molecular complexity index is 1360. The second-order valence-corrected chi connectivity index (χ2v) is 8.80. The van der Waals surface area contributed by atoms with Crippen LogP contribution in [0.1, 0.15) is 43.0 Å². The van der Waals surface area contributed by atoms with E-state index in [4.69, 9.17) is 18.6 Å². The normalized spacial score (nSPS) is 10.8. The quantitative estimate of drug-likeness (QED) is 0.118. The predicted octanol–water partition coefficient (Wildman–Crippen LogP) is 7.53. The molecule has 1 heterocycles. The Morgan fingerprint density at radius 2 is 1.69 bits per heavy atom. The highest BCUT2D eigenvalue weighted by molar-refractivity contribution is 9.10. The van der Waals surface area contributed by atoms with E-state index in [1.807, 2.05) is 12.1 Å². The third-order valence-corrected chi connectivity index (χ3v) is 5.99. The average molecular weight is 537 g/mol. The zero-order valence-corrected chi connectivity index (χ0v) is 20.9. The molecule has 0 saturated heterocycles. The van der Waals surface area contributed by atoms with Gasteiger partial charge in [0.15, 0.2) is 0 Å². The molecule has 4 aromatic rings. The van der Waals surface area contributed by atoms with Crippen LogP contribution in [0, 0.1) is 0 Å². The Hall–Kier alpha value is -3.58. The van der Waals surface area contributed by atoms with Gasteiger partial charge in [-0.1, -0.05) is 38.3 Å². The van der Waals surface area contributed by atoms with Crippen LogP contribution in [0.2, 0.25) is 0 Å². The predicted molar refractivity (Wildman–Crippen MR) is 138 cm³/mol. The number of benzene rings is 3. The summed E-state index contributed by atoms with van der Waals surface area (Å²) in [7, 11) is 0. The summed E-state index contributed by atoms with van der Waals surface area (Å²) < 4.78 is 23.2. The highest BCUT2D eigenvalue weighted by Gasteiger charge is 2.14. The first-order valence-electron chi connectivity index (χ1n) is 11.5. The molecule has 7 heteroatoms. The van der Waals surface area contributed by atoms with Gasteiger partial charge in [0.2, 0.25) is 11.2 Å². The topological polar surface area (TPSA) is 75.0 Å². The van der Waals surface area contributed by atoms with Crippen LogP contribution in [0.15, 0.2) is 86.7 Å². The van der Waals surface area contributed by atoms with E-state index in [1.165, 1.54) is 25.2 Å². The van der Waals surface area contributed by atoms with E-state index in [-0.39, 0.29) is 22.5 Å². The molecule has 0 saturated carbocycles. The molecular weight excluding hydrogens is 512 g/mol.